The van der Waals surface area contributed by atoms with Crippen molar-refractivity contribution in [1.82, 2.24) is 5.32 Å². The second-order valence-electron chi connectivity index (χ2n) is 21.1. The molecule has 72 heavy (non-hydrogen) atoms. The van der Waals surface area contributed by atoms with Gasteiger partial charge in [0.1, 0.15) is 6.61 Å². The third kappa shape index (κ3) is 39.4. The first-order valence-electron chi connectivity index (χ1n) is 29.0. The summed E-state index contributed by atoms with van der Waals surface area (Å²) >= 11 is 0. The summed E-state index contributed by atoms with van der Waals surface area (Å²) in [6.07, 6.45) is 52.5. The number of carbonyl (C=O) groups excluding carboxylic acids is 3. The molecule has 414 valence electrons. The van der Waals surface area contributed by atoms with Crippen LogP contribution in [0.5, 0.6) is 0 Å². The minimum absolute atomic E-state index is 0.0404. The van der Waals surface area contributed by atoms with E-state index in [0.717, 1.165) is 68.9 Å². The van der Waals surface area contributed by atoms with E-state index < -0.39 is 32.5 Å². The number of hydrogen-bond acceptors (Lipinski definition) is 8. The predicted molar refractivity (Wildman–Crippen MR) is 301 cm³/mol. The van der Waals surface area contributed by atoms with Crippen molar-refractivity contribution in [2.24, 2.45) is 5.41 Å². The molecule has 0 aromatic heterocycles. The van der Waals surface area contributed by atoms with Gasteiger partial charge in [0.15, 0.2) is 6.10 Å². The third-order valence-electron chi connectivity index (χ3n) is 13.6. The summed E-state index contributed by atoms with van der Waals surface area (Å²) in [5, 5.41) is 2.66. The second-order valence-corrected chi connectivity index (χ2v) is 22.6. The molecule has 0 aromatic rings. The van der Waals surface area contributed by atoms with Crippen LogP contribution in [-0.4, -0.2) is 55.2 Å². The molecule has 0 spiro atoms. The van der Waals surface area contributed by atoms with E-state index in [4.69, 9.17) is 18.5 Å². The van der Waals surface area contributed by atoms with E-state index in [0.29, 0.717) is 12.8 Å². The smallest absolute Gasteiger partial charge is 0.462 e. The molecule has 2 N–H and O–H groups in total. The van der Waals surface area contributed by atoms with Crippen molar-refractivity contribution in [1.29, 1.82) is 0 Å². The number of allylic oxidation sites excluding steroid dienone is 11. The number of phosphoric acid groups is 1. The van der Waals surface area contributed by atoms with Crippen molar-refractivity contribution in [2.75, 3.05) is 26.4 Å². The summed E-state index contributed by atoms with van der Waals surface area (Å²) in [7, 11) is -4.60. The Bertz CT molecular complexity index is 1670. The van der Waals surface area contributed by atoms with E-state index >= 15 is 0 Å². The van der Waals surface area contributed by atoms with E-state index in [1.807, 2.05) is 32.1 Å². The van der Waals surface area contributed by atoms with Crippen molar-refractivity contribution in [3.8, 4) is 0 Å². The highest BCUT2D eigenvalue weighted by atomic mass is 31.2. The Morgan fingerprint density at radius 3 is 1.69 bits per heavy atom. The standard InChI is InChI=1S/C61H106NO9P/c1-8-10-12-14-16-18-20-22-24-26-28-30-32-34-36-43-59(64)68-51-56(71-60(65)44-37-35-33-31-29-27-25-23-21-19-17-15-13-11-9-2)52-70-72(66,67)69-49-48-62-58(63)50-54(4)41-38-40-53(3)45-46-57-55(5)42-39-47-61(57,6)7/h22,24,38,40-41,45-46,50,56H,8-21,23,25-37,39,42-44,47-49,51-52H2,1-7H3,(H,62,63)(H,66,67)/b24-22-,41-38+,46-45+,53-40+,54-50+/t56-/m1/s1. The highest BCUT2D eigenvalue weighted by molar-refractivity contribution is 7.47. The Kier molecular flexibility index (Phi) is 41.2. The first kappa shape index (κ1) is 67.0. The lowest BCUT2D eigenvalue weighted by molar-refractivity contribution is -0.161. The van der Waals surface area contributed by atoms with Gasteiger partial charge in [-0.1, -0.05) is 223 Å². The van der Waals surface area contributed by atoms with E-state index in [1.54, 1.807) is 0 Å². The first-order valence-corrected chi connectivity index (χ1v) is 30.5. The van der Waals surface area contributed by atoms with Gasteiger partial charge in [0.2, 0.25) is 5.91 Å². The van der Waals surface area contributed by atoms with Gasteiger partial charge in [-0.3, -0.25) is 23.4 Å². The van der Waals surface area contributed by atoms with Crippen molar-refractivity contribution in [3.05, 3.63) is 70.9 Å². The molecule has 0 bridgehead atoms. The lowest BCUT2D eigenvalue weighted by Gasteiger charge is -2.32. The maximum atomic E-state index is 12.9. The number of esters is 2. The van der Waals surface area contributed by atoms with E-state index in [-0.39, 0.29) is 43.9 Å². The predicted octanol–water partition coefficient (Wildman–Crippen LogP) is 17.5. The Balaban J connectivity index is 2.53. The molecule has 1 aliphatic rings. The molecule has 0 aromatic carbocycles. The molecule has 1 amide bonds. The normalized spacial score (nSPS) is 15.7. The largest absolute Gasteiger partial charge is 0.472 e. The molecule has 0 fully saturated rings. The van der Waals surface area contributed by atoms with Gasteiger partial charge < -0.3 is 19.7 Å². The highest BCUT2D eigenvalue weighted by Crippen LogP contribution is 2.43. The molecule has 0 aliphatic heterocycles. The number of carbonyl (C=O) groups is 3. The van der Waals surface area contributed by atoms with Gasteiger partial charge in [0.25, 0.3) is 0 Å². The minimum Gasteiger partial charge on any atom is -0.462 e. The minimum atomic E-state index is -4.60. The van der Waals surface area contributed by atoms with Gasteiger partial charge in [0, 0.05) is 25.5 Å². The van der Waals surface area contributed by atoms with Crippen LogP contribution in [0.1, 0.15) is 260 Å². The fourth-order valence-electron chi connectivity index (χ4n) is 9.09. The lowest BCUT2D eigenvalue weighted by Crippen LogP contribution is -2.30. The summed E-state index contributed by atoms with van der Waals surface area (Å²) in [6.45, 7) is 14.1. The average molecular weight is 1030 g/mol. The number of rotatable bonds is 46. The zero-order valence-corrected chi connectivity index (χ0v) is 47.9. The average Bonchev–Trinajstić information content (AvgIpc) is 3.33. The molecule has 10 nitrogen and oxygen atoms in total. The lowest BCUT2D eigenvalue weighted by atomic mass is 9.72. The van der Waals surface area contributed by atoms with Gasteiger partial charge in [-0.25, -0.2) is 4.57 Å². The van der Waals surface area contributed by atoms with Crippen molar-refractivity contribution < 1.29 is 42.4 Å². The Hall–Kier alpha value is -3.04. The van der Waals surface area contributed by atoms with Gasteiger partial charge in [-0.15, -0.1) is 0 Å². The number of unbranched alkanes of at least 4 members (excludes halogenated alkanes) is 25. The van der Waals surface area contributed by atoms with Gasteiger partial charge in [-0.05, 0) is 95.1 Å². The van der Waals surface area contributed by atoms with Crippen LogP contribution in [0.15, 0.2) is 70.9 Å². The monoisotopic (exact) mass is 1030 g/mol. The molecule has 0 saturated heterocycles. The van der Waals surface area contributed by atoms with Gasteiger partial charge in [-0.2, -0.15) is 0 Å². The summed E-state index contributed by atoms with van der Waals surface area (Å²) in [5.74, 6) is -1.27. The molecule has 1 unspecified atom stereocenters. The fourth-order valence-corrected chi connectivity index (χ4v) is 9.84. The van der Waals surface area contributed by atoms with Crippen molar-refractivity contribution in [2.45, 2.75) is 266 Å². The molecule has 2 atom stereocenters. The van der Waals surface area contributed by atoms with Crippen LogP contribution < -0.4 is 5.32 Å². The van der Waals surface area contributed by atoms with Gasteiger partial charge >= 0.3 is 19.8 Å². The van der Waals surface area contributed by atoms with Crippen LogP contribution in [0.3, 0.4) is 0 Å². The Labute approximate surface area is 440 Å². The summed E-state index contributed by atoms with van der Waals surface area (Å²) in [5.41, 5.74) is 4.88. The molecular weight excluding hydrogens is 922 g/mol. The van der Waals surface area contributed by atoms with Crippen molar-refractivity contribution >= 4 is 25.7 Å². The summed E-state index contributed by atoms with van der Waals surface area (Å²) in [6, 6.07) is 0. The highest BCUT2D eigenvalue weighted by Gasteiger charge is 2.27. The third-order valence-corrected chi connectivity index (χ3v) is 14.6. The maximum Gasteiger partial charge on any atom is 0.472 e. The molecule has 11 heteroatoms. The molecular formula is C61H106NO9P. The zero-order chi connectivity index (χ0) is 53.0. The van der Waals surface area contributed by atoms with Gasteiger partial charge in [0.05, 0.1) is 13.2 Å². The number of ether oxygens (including phenoxy) is 2. The van der Waals surface area contributed by atoms with E-state index in [9.17, 15) is 23.8 Å². The SMILES string of the molecule is CCCCCCCC/C=C\CCCCCCCC(=O)OC[C@H](COP(=O)(O)OCCNC(=O)/C=C(C)/C=C/C=C(C)/C=C/C1=C(C)CCCC1(C)C)OC(=O)CCCCCCCCCCCCCCCCC. The molecule has 0 radical (unpaired) electrons. The van der Waals surface area contributed by atoms with E-state index in [1.165, 1.54) is 146 Å². The summed E-state index contributed by atoms with van der Waals surface area (Å²) in [4.78, 5) is 48.6. The Morgan fingerprint density at radius 1 is 0.667 bits per heavy atom. The van der Waals surface area contributed by atoms with Crippen LogP contribution >= 0.6 is 7.82 Å². The van der Waals surface area contributed by atoms with E-state index in [2.05, 4.69) is 64.2 Å². The maximum absolute atomic E-state index is 12.9. The summed E-state index contributed by atoms with van der Waals surface area (Å²) < 4.78 is 34.3. The number of phosphoric ester groups is 1. The van der Waals surface area contributed by atoms with Crippen LogP contribution in [0, 0.1) is 5.41 Å². The Morgan fingerprint density at radius 2 is 1.17 bits per heavy atom. The first-order chi connectivity index (χ1) is 34.7. The van der Waals surface area contributed by atoms with Crippen molar-refractivity contribution in [3.63, 3.8) is 0 Å². The quantitative estimate of drug-likeness (QED) is 0.0152. The van der Waals surface area contributed by atoms with Crippen LogP contribution in [0.4, 0.5) is 0 Å². The molecule has 1 aliphatic carbocycles. The fraction of sp³-hybridized carbons (Fsp3) is 0.754. The zero-order valence-electron chi connectivity index (χ0n) is 47.0. The van der Waals surface area contributed by atoms with Crippen LogP contribution in [0.2, 0.25) is 0 Å². The second kappa shape index (κ2) is 44.3. The molecule has 0 heterocycles. The van der Waals surface area contributed by atoms with Crippen LogP contribution in [-0.2, 0) is 37.5 Å². The number of amides is 1. The molecule has 1 rings (SSSR count). The van der Waals surface area contributed by atoms with Crippen LogP contribution in [0.25, 0.3) is 0 Å². The number of nitrogens with one attached hydrogen (secondary N) is 1. The molecule has 0 saturated carbocycles. The number of hydrogen-bond donors (Lipinski definition) is 2. The topological polar surface area (TPSA) is 137 Å².